The molecule has 0 aromatic carbocycles. The highest BCUT2D eigenvalue weighted by Gasteiger charge is 2.53. The number of hydrogen-bond donors (Lipinski definition) is 2. The number of carbonyl (C=O) groups excluding carboxylic acids is 2. The molecule has 1 spiro atoms. The van der Waals surface area contributed by atoms with Crippen LogP contribution < -0.4 is 10.6 Å². The summed E-state index contributed by atoms with van der Waals surface area (Å²) in [5.41, 5.74) is 1.69. The quantitative estimate of drug-likeness (QED) is 0.725. The topological polar surface area (TPSA) is 82.5 Å². The molecule has 26 heavy (non-hydrogen) atoms. The number of likely N-dealkylation sites (N-methyl/N-ethyl adjacent to an activating group) is 1. The third-order valence-corrected chi connectivity index (χ3v) is 5.51. The second-order valence-corrected chi connectivity index (χ2v) is 6.84. The molecule has 146 valence electrons. The number of urea groups is 1. The van der Waals surface area contributed by atoms with Crippen molar-refractivity contribution in [1.82, 2.24) is 30.2 Å². The Balaban J connectivity index is 0.00000121. The van der Waals surface area contributed by atoms with E-state index in [4.69, 9.17) is 0 Å². The number of amides is 3. The maximum atomic E-state index is 12.3. The van der Waals surface area contributed by atoms with E-state index in [2.05, 4.69) is 31.4 Å². The fraction of sp³-hybridized carbons (Fsp3) is 0.688. The monoisotopic (exact) mass is 404 g/mol. The molecule has 0 radical (unpaired) electrons. The predicted molar refractivity (Wildman–Crippen MR) is 102 cm³/mol. The van der Waals surface area contributed by atoms with Gasteiger partial charge in [0.1, 0.15) is 5.54 Å². The first-order valence-corrected chi connectivity index (χ1v) is 8.74. The van der Waals surface area contributed by atoms with Gasteiger partial charge < -0.3 is 10.2 Å². The van der Waals surface area contributed by atoms with Crippen molar-refractivity contribution in [2.24, 2.45) is 0 Å². The molecule has 0 atom stereocenters. The van der Waals surface area contributed by atoms with Gasteiger partial charge >= 0.3 is 6.03 Å². The highest BCUT2D eigenvalue weighted by atomic mass is 35.5. The van der Waals surface area contributed by atoms with Gasteiger partial charge in [0, 0.05) is 39.3 Å². The van der Waals surface area contributed by atoms with Gasteiger partial charge in [-0.05, 0) is 25.8 Å². The maximum absolute atomic E-state index is 12.3. The number of piperidine rings is 1. The molecular weight excluding hydrogens is 379 g/mol. The van der Waals surface area contributed by atoms with Crippen LogP contribution in [0.3, 0.4) is 0 Å². The molecule has 10 heteroatoms. The number of hydrogen-bond acceptors (Lipinski definition) is 5. The van der Waals surface area contributed by atoms with Crippen LogP contribution in [0.4, 0.5) is 4.79 Å². The molecule has 0 unspecified atom stereocenters. The van der Waals surface area contributed by atoms with E-state index in [9.17, 15) is 9.59 Å². The Morgan fingerprint density at radius 3 is 2.58 bits per heavy atom. The Bertz CT molecular complexity index is 648. The van der Waals surface area contributed by atoms with Gasteiger partial charge in [-0.3, -0.25) is 19.7 Å². The summed E-state index contributed by atoms with van der Waals surface area (Å²) in [6.07, 6.45) is 1.38. The zero-order chi connectivity index (χ0) is 16.7. The number of halogens is 2. The number of aromatic nitrogens is 2. The zero-order valence-electron chi connectivity index (χ0n) is 14.9. The summed E-state index contributed by atoms with van der Waals surface area (Å²) >= 11 is 0. The molecule has 3 aliphatic rings. The summed E-state index contributed by atoms with van der Waals surface area (Å²) in [4.78, 5) is 28.3. The van der Waals surface area contributed by atoms with Gasteiger partial charge in [-0.2, -0.15) is 5.10 Å². The van der Waals surface area contributed by atoms with Crippen LogP contribution in [0.25, 0.3) is 0 Å². The van der Waals surface area contributed by atoms with Gasteiger partial charge in [0.05, 0.1) is 17.9 Å². The molecule has 4 rings (SSSR count). The molecule has 3 amide bonds. The Morgan fingerprint density at radius 1 is 1.19 bits per heavy atom. The molecule has 2 saturated heterocycles. The number of nitrogens with one attached hydrogen (secondary N) is 2. The first kappa shape index (κ1) is 21.0. The van der Waals surface area contributed by atoms with Crippen LogP contribution in [0.15, 0.2) is 6.07 Å². The minimum Gasteiger partial charge on any atom is -0.310 e. The van der Waals surface area contributed by atoms with Crippen molar-refractivity contribution in [2.45, 2.75) is 44.9 Å². The van der Waals surface area contributed by atoms with Crippen LogP contribution in [0.1, 0.15) is 31.2 Å². The first-order valence-electron chi connectivity index (χ1n) is 8.74. The van der Waals surface area contributed by atoms with Crippen molar-refractivity contribution in [3.63, 3.8) is 0 Å². The molecule has 8 nitrogen and oxygen atoms in total. The average molecular weight is 405 g/mol. The maximum Gasteiger partial charge on any atom is 0.325 e. The van der Waals surface area contributed by atoms with Gasteiger partial charge in [-0.25, -0.2) is 4.79 Å². The van der Waals surface area contributed by atoms with Crippen LogP contribution in [0, 0.1) is 0 Å². The van der Waals surface area contributed by atoms with Crippen LogP contribution in [0.2, 0.25) is 0 Å². The van der Waals surface area contributed by atoms with Gasteiger partial charge in [-0.1, -0.05) is 0 Å². The van der Waals surface area contributed by atoms with Crippen molar-refractivity contribution in [1.29, 1.82) is 0 Å². The van der Waals surface area contributed by atoms with Crippen LogP contribution in [-0.2, 0) is 24.4 Å². The second-order valence-electron chi connectivity index (χ2n) is 6.84. The predicted octanol–water partition coefficient (Wildman–Crippen LogP) is 0.736. The van der Waals surface area contributed by atoms with E-state index in [1.165, 1.54) is 5.69 Å². The largest absolute Gasteiger partial charge is 0.325 e. The average Bonchev–Trinajstić information content (AvgIpc) is 3.08. The summed E-state index contributed by atoms with van der Waals surface area (Å²) in [6.45, 7) is 7.67. The van der Waals surface area contributed by atoms with E-state index in [0.717, 1.165) is 45.0 Å². The Kier molecular flexibility index (Phi) is 6.55. The molecule has 4 heterocycles. The summed E-state index contributed by atoms with van der Waals surface area (Å²) in [5.74, 6) is -0.127. The highest BCUT2D eigenvalue weighted by Crippen LogP contribution is 2.33. The Morgan fingerprint density at radius 2 is 1.92 bits per heavy atom. The van der Waals surface area contributed by atoms with Crippen molar-refractivity contribution >= 4 is 36.8 Å². The van der Waals surface area contributed by atoms with E-state index in [-0.39, 0.29) is 36.8 Å². The summed E-state index contributed by atoms with van der Waals surface area (Å²) in [7, 11) is 0. The number of carbonyl (C=O) groups is 2. The fourth-order valence-electron chi connectivity index (χ4n) is 4.18. The standard InChI is InChI=1S/C16H24N6O2.2ClH/c1-2-21-15(24)18-14(23)16(21)3-6-20(7-4-16)11-12-9-13-10-17-5-8-22(13)19-12;;/h9,17H,2-8,10-11H2,1H3,(H,18,23,24);2*1H. The minimum atomic E-state index is -0.639. The van der Waals surface area contributed by atoms with E-state index >= 15 is 0 Å². The van der Waals surface area contributed by atoms with E-state index in [1.54, 1.807) is 4.90 Å². The Labute approximate surface area is 165 Å². The molecule has 1 aromatic heterocycles. The molecule has 3 aliphatic heterocycles. The lowest BCUT2D eigenvalue weighted by Gasteiger charge is -2.41. The van der Waals surface area contributed by atoms with Gasteiger partial charge in [-0.15, -0.1) is 24.8 Å². The van der Waals surface area contributed by atoms with Crippen molar-refractivity contribution < 1.29 is 9.59 Å². The van der Waals surface area contributed by atoms with Gasteiger partial charge in [0.2, 0.25) is 0 Å². The zero-order valence-corrected chi connectivity index (χ0v) is 16.5. The number of rotatable bonds is 3. The second kappa shape index (κ2) is 8.12. The van der Waals surface area contributed by atoms with Gasteiger partial charge in [0.15, 0.2) is 0 Å². The van der Waals surface area contributed by atoms with Crippen molar-refractivity contribution in [3.05, 3.63) is 17.5 Å². The number of nitrogens with zero attached hydrogens (tertiary/aromatic N) is 4. The smallest absolute Gasteiger partial charge is 0.310 e. The summed E-state index contributed by atoms with van der Waals surface area (Å²) in [5, 5.41) is 10.5. The highest BCUT2D eigenvalue weighted by molar-refractivity contribution is 6.07. The first-order chi connectivity index (χ1) is 11.6. The third kappa shape index (κ3) is 3.43. The lowest BCUT2D eigenvalue weighted by Crippen LogP contribution is -2.56. The molecule has 0 saturated carbocycles. The van der Waals surface area contributed by atoms with Crippen LogP contribution >= 0.6 is 24.8 Å². The fourth-order valence-corrected chi connectivity index (χ4v) is 4.18. The third-order valence-electron chi connectivity index (χ3n) is 5.51. The molecule has 0 aliphatic carbocycles. The molecule has 2 fully saturated rings. The van der Waals surface area contributed by atoms with Crippen molar-refractivity contribution in [3.8, 4) is 0 Å². The normalized spacial score (nSPS) is 21.8. The summed E-state index contributed by atoms with van der Waals surface area (Å²) < 4.78 is 2.08. The molecule has 2 N–H and O–H groups in total. The Hall–Kier alpha value is -1.35. The SMILES string of the molecule is CCN1C(=O)NC(=O)C12CCN(Cc1cc3n(n1)CCNC3)CC2.Cl.Cl. The van der Waals surface area contributed by atoms with Gasteiger partial charge in [0.25, 0.3) is 5.91 Å². The van der Waals surface area contributed by atoms with Crippen LogP contribution in [-0.4, -0.2) is 63.2 Å². The minimum absolute atomic E-state index is 0. The number of likely N-dealkylation sites (tertiary alicyclic amines) is 1. The lowest BCUT2D eigenvalue weighted by molar-refractivity contribution is -0.129. The van der Waals surface area contributed by atoms with E-state index in [0.29, 0.717) is 19.4 Å². The molecule has 1 aromatic rings. The van der Waals surface area contributed by atoms with Crippen molar-refractivity contribution in [2.75, 3.05) is 26.2 Å². The van der Waals surface area contributed by atoms with Crippen LogP contribution in [0.5, 0.6) is 0 Å². The molecular formula is C16H26Cl2N6O2. The number of imide groups is 1. The van der Waals surface area contributed by atoms with E-state index < -0.39 is 5.54 Å². The molecule has 0 bridgehead atoms. The number of fused-ring (bicyclic) bond motifs is 1. The lowest BCUT2D eigenvalue weighted by atomic mass is 9.86. The van der Waals surface area contributed by atoms with E-state index in [1.807, 2.05) is 6.92 Å². The summed E-state index contributed by atoms with van der Waals surface area (Å²) in [6, 6.07) is 1.92.